The van der Waals surface area contributed by atoms with E-state index in [1.54, 1.807) is 6.92 Å². The van der Waals surface area contributed by atoms with Gasteiger partial charge in [0, 0.05) is 0 Å². The summed E-state index contributed by atoms with van der Waals surface area (Å²) in [5.74, 6) is -7.82. The van der Waals surface area contributed by atoms with E-state index in [9.17, 15) is 28.8 Å². The molecule has 3 heterocycles. The first-order valence-electron chi connectivity index (χ1n) is 21.5. The van der Waals surface area contributed by atoms with Gasteiger partial charge in [0.2, 0.25) is 0 Å². The molecule has 6 fully saturated rings. The molecule has 0 N–H and O–H groups in total. The third-order valence-corrected chi connectivity index (χ3v) is 12.8. The molecule has 15 heteroatoms. The molecule has 15 nitrogen and oxygen atoms in total. The molecule has 12 atom stereocenters. The highest BCUT2D eigenvalue weighted by Gasteiger charge is 2.56. The first kappa shape index (κ1) is 43.3. The smallest absolute Gasteiger partial charge is 0.309 e. The monoisotopic (exact) mass is 806 g/mol. The summed E-state index contributed by atoms with van der Waals surface area (Å²) >= 11 is 0. The Kier molecular flexibility index (Phi) is 14.9. The van der Waals surface area contributed by atoms with Gasteiger partial charge in [0.25, 0.3) is 0 Å². The van der Waals surface area contributed by atoms with Crippen molar-refractivity contribution in [3.05, 3.63) is 0 Å². The Balaban J connectivity index is 1.15. The van der Waals surface area contributed by atoms with Gasteiger partial charge < -0.3 is 42.6 Å². The SMILES string of the molecule is CCCCOC(=O)C1CC2OC2CC1C(=O)OCC(CC)(COC(=O)C1CC2OC2CC1C(=O)OCCCC)COC(=O)C1CC2OC2CC1C(=O)OCCCC. The van der Waals surface area contributed by atoms with Crippen LogP contribution >= 0.6 is 0 Å². The van der Waals surface area contributed by atoms with Crippen LogP contribution in [0.25, 0.3) is 0 Å². The zero-order valence-corrected chi connectivity index (χ0v) is 34.0. The van der Waals surface area contributed by atoms with Gasteiger partial charge in [-0.05, 0) is 64.2 Å². The largest absolute Gasteiger partial charge is 0.465 e. The molecule has 0 amide bonds. The molecule has 320 valence electrons. The molecule has 12 unspecified atom stereocenters. The number of ether oxygens (including phenoxy) is 9. The summed E-state index contributed by atoms with van der Waals surface area (Å²) in [6.45, 7) is 7.67. The van der Waals surface area contributed by atoms with E-state index in [1.807, 2.05) is 20.8 Å². The topological polar surface area (TPSA) is 195 Å². The van der Waals surface area contributed by atoms with Gasteiger partial charge in [0.1, 0.15) is 19.8 Å². The summed E-state index contributed by atoms with van der Waals surface area (Å²) in [6, 6.07) is 0. The highest BCUT2D eigenvalue weighted by Crippen LogP contribution is 2.46. The van der Waals surface area contributed by atoms with Crippen LogP contribution in [0.1, 0.15) is 111 Å². The second kappa shape index (κ2) is 19.6. The fourth-order valence-corrected chi connectivity index (χ4v) is 8.53. The summed E-state index contributed by atoms with van der Waals surface area (Å²) < 4.78 is 51.5. The van der Waals surface area contributed by atoms with Gasteiger partial charge in [-0.3, -0.25) is 28.8 Å². The number of carbonyl (C=O) groups is 6. The molecule has 0 aromatic rings. The molecule has 3 saturated heterocycles. The maximum atomic E-state index is 13.8. The molecule has 0 radical (unpaired) electrons. The van der Waals surface area contributed by atoms with Crippen molar-refractivity contribution in [1.82, 2.24) is 0 Å². The van der Waals surface area contributed by atoms with E-state index in [0.29, 0.717) is 57.8 Å². The van der Waals surface area contributed by atoms with Crippen molar-refractivity contribution in [3.8, 4) is 0 Å². The highest BCUT2D eigenvalue weighted by molar-refractivity contribution is 5.84. The average molecular weight is 807 g/mol. The van der Waals surface area contributed by atoms with E-state index < -0.39 is 76.7 Å². The number of carbonyl (C=O) groups excluding carboxylic acids is 6. The minimum atomic E-state index is -1.21. The number of fused-ring (bicyclic) bond motifs is 3. The molecule has 0 spiro atoms. The average Bonchev–Trinajstić information content (AvgIpc) is 4.12. The second-order valence-corrected chi connectivity index (χ2v) is 16.9. The van der Waals surface area contributed by atoms with E-state index in [0.717, 1.165) is 19.3 Å². The lowest BCUT2D eigenvalue weighted by Crippen LogP contribution is -2.44. The number of rotatable bonds is 22. The Bertz CT molecular complexity index is 1280. The fraction of sp³-hybridized carbons (Fsp3) is 0.857. The summed E-state index contributed by atoms with van der Waals surface area (Å²) in [4.78, 5) is 80.9. The van der Waals surface area contributed by atoms with Crippen LogP contribution in [-0.4, -0.2) is 112 Å². The highest BCUT2D eigenvalue weighted by atomic mass is 16.6. The molecule has 57 heavy (non-hydrogen) atoms. The van der Waals surface area contributed by atoms with E-state index >= 15 is 0 Å². The summed E-state index contributed by atoms with van der Waals surface area (Å²) in [6.07, 6.45) is 6.21. The van der Waals surface area contributed by atoms with Crippen molar-refractivity contribution in [2.45, 2.75) is 148 Å². The molecule has 3 saturated carbocycles. The van der Waals surface area contributed by atoms with Gasteiger partial charge in [-0.25, -0.2) is 0 Å². The number of esters is 6. The van der Waals surface area contributed by atoms with Gasteiger partial charge in [-0.15, -0.1) is 0 Å². The maximum Gasteiger partial charge on any atom is 0.309 e. The Morgan fingerprint density at radius 1 is 0.404 bits per heavy atom. The third kappa shape index (κ3) is 11.1. The summed E-state index contributed by atoms with van der Waals surface area (Å²) in [7, 11) is 0. The zero-order valence-electron chi connectivity index (χ0n) is 34.0. The second-order valence-electron chi connectivity index (χ2n) is 16.9. The van der Waals surface area contributed by atoms with Crippen molar-refractivity contribution in [1.29, 1.82) is 0 Å². The van der Waals surface area contributed by atoms with Crippen LogP contribution in [0.4, 0.5) is 0 Å². The minimum Gasteiger partial charge on any atom is -0.465 e. The number of epoxide rings is 3. The molecule has 6 rings (SSSR count). The summed E-state index contributed by atoms with van der Waals surface area (Å²) in [5, 5.41) is 0. The fourth-order valence-electron chi connectivity index (χ4n) is 8.53. The van der Waals surface area contributed by atoms with Crippen molar-refractivity contribution >= 4 is 35.8 Å². The van der Waals surface area contributed by atoms with Crippen LogP contribution in [0.5, 0.6) is 0 Å². The quantitative estimate of drug-likeness (QED) is 0.0645. The van der Waals surface area contributed by atoms with Gasteiger partial charge in [-0.2, -0.15) is 0 Å². The molecule has 0 aromatic heterocycles. The molecule has 0 aromatic carbocycles. The normalized spacial score (nSPS) is 34.1. The first-order valence-corrected chi connectivity index (χ1v) is 21.5. The molecular weight excluding hydrogens is 744 g/mol. The van der Waals surface area contributed by atoms with Gasteiger partial charge >= 0.3 is 35.8 Å². The van der Waals surface area contributed by atoms with E-state index in [2.05, 4.69) is 0 Å². The lowest BCUT2D eigenvalue weighted by molar-refractivity contribution is -0.176. The standard InChI is InChI=1S/C42H62O15/c1-5-9-12-49-36(43)24-15-30-33(55-30)18-27(24)39(46)52-21-42(8-4,22-53-40(47)28-19-34-31(56-34)16-25(28)37(44)50-13-10-6-2)23-54-41(48)29-20-35-32(57-35)17-26(29)38(45)51-14-11-7-3/h24-35H,5-23H2,1-4H3. The van der Waals surface area contributed by atoms with Crippen LogP contribution in [-0.2, 0) is 71.4 Å². The van der Waals surface area contributed by atoms with E-state index in [4.69, 9.17) is 42.6 Å². The number of hydrogen-bond acceptors (Lipinski definition) is 15. The van der Waals surface area contributed by atoms with Crippen molar-refractivity contribution in [3.63, 3.8) is 0 Å². The number of hydrogen-bond donors (Lipinski definition) is 0. The van der Waals surface area contributed by atoms with Crippen LogP contribution in [0.15, 0.2) is 0 Å². The van der Waals surface area contributed by atoms with E-state index in [-0.39, 0.29) is 82.7 Å². The lowest BCUT2D eigenvalue weighted by atomic mass is 9.79. The minimum absolute atomic E-state index is 0.0981. The maximum absolute atomic E-state index is 13.8. The Morgan fingerprint density at radius 3 is 0.842 bits per heavy atom. The predicted molar refractivity (Wildman–Crippen MR) is 198 cm³/mol. The van der Waals surface area contributed by atoms with Crippen LogP contribution in [0.2, 0.25) is 0 Å². The van der Waals surface area contributed by atoms with Crippen LogP contribution in [0.3, 0.4) is 0 Å². The Labute approximate surface area is 335 Å². The molecule has 3 aliphatic carbocycles. The van der Waals surface area contributed by atoms with Crippen molar-refractivity contribution in [2.24, 2.45) is 40.9 Å². The predicted octanol–water partition coefficient (Wildman–Crippen LogP) is 4.42. The Morgan fingerprint density at radius 2 is 0.632 bits per heavy atom. The number of unbranched alkanes of at least 4 members (excludes halogenated alkanes) is 3. The van der Waals surface area contributed by atoms with Gasteiger partial charge in [-0.1, -0.05) is 47.0 Å². The first-order chi connectivity index (χ1) is 27.5. The van der Waals surface area contributed by atoms with Crippen LogP contribution in [0, 0.1) is 40.9 Å². The van der Waals surface area contributed by atoms with E-state index in [1.165, 1.54) is 0 Å². The zero-order chi connectivity index (χ0) is 40.7. The van der Waals surface area contributed by atoms with Crippen molar-refractivity contribution in [2.75, 3.05) is 39.6 Å². The van der Waals surface area contributed by atoms with Gasteiger partial charge in [0.15, 0.2) is 0 Å². The Hall–Kier alpha value is -3.30. The van der Waals surface area contributed by atoms with Crippen molar-refractivity contribution < 1.29 is 71.4 Å². The molecule has 6 aliphatic rings. The molecular formula is C42H62O15. The molecule has 3 aliphatic heterocycles. The third-order valence-electron chi connectivity index (χ3n) is 12.8. The molecule has 0 bridgehead atoms. The van der Waals surface area contributed by atoms with Crippen LogP contribution < -0.4 is 0 Å². The summed E-state index contributed by atoms with van der Waals surface area (Å²) in [5.41, 5.74) is -1.21. The lowest BCUT2D eigenvalue weighted by Gasteiger charge is -2.34. The van der Waals surface area contributed by atoms with Gasteiger partial charge in [0.05, 0.1) is 97.4 Å².